The molecule has 156 valence electrons. The number of nitrogens with zero attached hydrogens (tertiary/aromatic N) is 4. The zero-order valence-electron chi connectivity index (χ0n) is 17.2. The van der Waals surface area contributed by atoms with Crippen LogP contribution in [0.1, 0.15) is 18.4 Å². The number of methoxy groups -OCH3 is 2. The number of hydrogen-bond acceptors (Lipinski definition) is 7. The van der Waals surface area contributed by atoms with Crippen molar-refractivity contribution in [3.05, 3.63) is 48.4 Å². The van der Waals surface area contributed by atoms with Gasteiger partial charge in [0.25, 0.3) is 0 Å². The fraction of sp³-hybridized carbons (Fsp3) is 0.364. The van der Waals surface area contributed by atoms with E-state index in [-0.39, 0.29) is 11.8 Å². The van der Waals surface area contributed by atoms with Crippen LogP contribution in [-0.4, -0.2) is 48.2 Å². The lowest BCUT2D eigenvalue weighted by Gasteiger charge is -2.33. The van der Waals surface area contributed by atoms with Gasteiger partial charge in [0.05, 0.1) is 32.0 Å². The lowest BCUT2D eigenvalue weighted by Crippen LogP contribution is -2.43. The molecule has 0 aliphatic carbocycles. The highest BCUT2D eigenvalue weighted by atomic mass is 16.5. The van der Waals surface area contributed by atoms with Gasteiger partial charge < -0.3 is 19.7 Å². The molecule has 3 aromatic rings. The second kappa shape index (κ2) is 8.94. The molecule has 1 aromatic carbocycles. The van der Waals surface area contributed by atoms with Crippen molar-refractivity contribution in [2.75, 3.05) is 32.2 Å². The fourth-order valence-corrected chi connectivity index (χ4v) is 3.77. The largest absolute Gasteiger partial charge is 0.493 e. The average molecular weight is 407 g/mol. The van der Waals surface area contributed by atoms with E-state index in [2.05, 4.69) is 25.2 Å². The number of anilines is 1. The molecule has 4 rings (SSSR count). The van der Waals surface area contributed by atoms with Crippen LogP contribution in [0, 0.1) is 5.92 Å². The van der Waals surface area contributed by atoms with Gasteiger partial charge in [-0.05, 0) is 36.6 Å². The van der Waals surface area contributed by atoms with Gasteiger partial charge in [0.15, 0.2) is 17.1 Å². The van der Waals surface area contributed by atoms with Crippen LogP contribution in [0.25, 0.3) is 11.2 Å². The van der Waals surface area contributed by atoms with E-state index in [1.54, 1.807) is 32.8 Å². The van der Waals surface area contributed by atoms with Crippen molar-refractivity contribution in [1.29, 1.82) is 0 Å². The molecule has 3 heterocycles. The minimum absolute atomic E-state index is 0.0584. The predicted molar refractivity (Wildman–Crippen MR) is 114 cm³/mol. The van der Waals surface area contributed by atoms with Gasteiger partial charge in [-0.3, -0.25) is 9.78 Å². The number of benzene rings is 1. The second-order valence-corrected chi connectivity index (χ2v) is 7.28. The second-order valence-electron chi connectivity index (χ2n) is 7.28. The molecule has 1 aliphatic rings. The number of carbonyl (C=O) groups excluding carboxylic acids is 1. The van der Waals surface area contributed by atoms with Gasteiger partial charge in [-0.1, -0.05) is 6.07 Å². The third kappa shape index (κ3) is 4.27. The van der Waals surface area contributed by atoms with E-state index < -0.39 is 0 Å². The van der Waals surface area contributed by atoms with Crippen LogP contribution in [0.5, 0.6) is 11.5 Å². The highest BCUT2D eigenvalue weighted by molar-refractivity contribution is 5.80. The van der Waals surface area contributed by atoms with Crippen LogP contribution in [-0.2, 0) is 11.3 Å². The monoisotopic (exact) mass is 407 g/mol. The normalized spacial score (nSPS) is 16.3. The molecule has 1 aliphatic heterocycles. The third-order valence-corrected chi connectivity index (χ3v) is 5.38. The number of amides is 1. The summed E-state index contributed by atoms with van der Waals surface area (Å²) in [5.74, 6) is 1.31. The molecule has 1 fully saturated rings. The standard InChI is InChI=1S/C22H25N5O3/c1-29-19-6-5-15(10-20(19)30-2)12-26-22(28)16-4-3-9-27(14-16)17-11-18-21(25-13-17)24-8-7-23-18/h5-8,10-11,13,16H,3-4,9,12,14H2,1-2H3,(H,26,28). The van der Waals surface area contributed by atoms with Gasteiger partial charge >= 0.3 is 0 Å². The molecule has 8 heteroatoms. The summed E-state index contributed by atoms with van der Waals surface area (Å²) in [5.41, 5.74) is 3.32. The zero-order chi connectivity index (χ0) is 20.9. The van der Waals surface area contributed by atoms with Crippen LogP contribution in [0.15, 0.2) is 42.9 Å². The number of carbonyl (C=O) groups is 1. The van der Waals surface area contributed by atoms with Crippen molar-refractivity contribution in [1.82, 2.24) is 20.3 Å². The van der Waals surface area contributed by atoms with E-state index in [9.17, 15) is 4.79 Å². The summed E-state index contributed by atoms with van der Waals surface area (Å²) in [7, 11) is 3.20. The Morgan fingerprint density at radius 2 is 1.97 bits per heavy atom. The summed E-state index contributed by atoms with van der Waals surface area (Å²) in [6.07, 6.45) is 6.92. The van der Waals surface area contributed by atoms with Crippen molar-refractivity contribution >= 4 is 22.8 Å². The topological polar surface area (TPSA) is 89.5 Å². The van der Waals surface area contributed by atoms with E-state index in [1.165, 1.54) is 0 Å². The quantitative estimate of drug-likeness (QED) is 0.672. The van der Waals surface area contributed by atoms with Crippen molar-refractivity contribution in [3.8, 4) is 11.5 Å². The third-order valence-electron chi connectivity index (χ3n) is 5.38. The van der Waals surface area contributed by atoms with E-state index in [0.717, 1.165) is 36.2 Å². The van der Waals surface area contributed by atoms with E-state index in [1.807, 2.05) is 24.3 Å². The Morgan fingerprint density at radius 1 is 1.13 bits per heavy atom. The molecule has 0 radical (unpaired) electrons. The molecule has 1 N–H and O–H groups in total. The number of hydrogen-bond donors (Lipinski definition) is 1. The first-order chi connectivity index (χ1) is 14.7. The van der Waals surface area contributed by atoms with Gasteiger partial charge in [-0.15, -0.1) is 0 Å². The Kier molecular flexibility index (Phi) is 5.92. The molecule has 1 saturated heterocycles. The minimum atomic E-state index is -0.0727. The number of fused-ring (bicyclic) bond motifs is 1. The van der Waals surface area contributed by atoms with Crippen LogP contribution >= 0.6 is 0 Å². The molecule has 1 atom stereocenters. The lowest BCUT2D eigenvalue weighted by atomic mass is 9.96. The highest BCUT2D eigenvalue weighted by Gasteiger charge is 2.26. The summed E-state index contributed by atoms with van der Waals surface area (Å²) in [6, 6.07) is 7.64. The Morgan fingerprint density at radius 3 is 2.80 bits per heavy atom. The number of ether oxygens (including phenoxy) is 2. The van der Waals surface area contributed by atoms with E-state index in [4.69, 9.17) is 9.47 Å². The van der Waals surface area contributed by atoms with Gasteiger partial charge in [0, 0.05) is 32.0 Å². The maximum absolute atomic E-state index is 12.8. The van der Waals surface area contributed by atoms with Crippen molar-refractivity contribution in [2.45, 2.75) is 19.4 Å². The summed E-state index contributed by atoms with van der Waals surface area (Å²) < 4.78 is 10.6. The maximum Gasteiger partial charge on any atom is 0.225 e. The van der Waals surface area contributed by atoms with Crippen molar-refractivity contribution < 1.29 is 14.3 Å². The molecule has 2 aromatic heterocycles. The first-order valence-electron chi connectivity index (χ1n) is 9.98. The Balaban J connectivity index is 1.39. The number of pyridine rings is 1. The molecule has 0 bridgehead atoms. The lowest BCUT2D eigenvalue weighted by molar-refractivity contribution is -0.125. The maximum atomic E-state index is 12.8. The van der Waals surface area contributed by atoms with Crippen LogP contribution in [0.2, 0.25) is 0 Å². The number of nitrogens with one attached hydrogen (secondary N) is 1. The van der Waals surface area contributed by atoms with Gasteiger partial charge in [0.2, 0.25) is 5.91 Å². The molecular weight excluding hydrogens is 382 g/mol. The van der Waals surface area contributed by atoms with E-state index >= 15 is 0 Å². The highest BCUT2D eigenvalue weighted by Crippen LogP contribution is 2.28. The minimum Gasteiger partial charge on any atom is -0.493 e. The smallest absolute Gasteiger partial charge is 0.225 e. The first kappa shape index (κ1) is 19.9. The zero-order valence-corrected chi connectivity index (χ0v) is 17.2. The summed E-state index contributed by atoms with van der Waals surface area (Å²) >= 11 is 0. The van der Waals surface area contributed by atoms with Crippen molar-refractivity contribution in [2.24, 2.45) is 5.92 Å². The fourth-order valence-electron chi connectivity index (χ4n) is 3.77. The van der Waals surface area contributed by atoms with Crippen LogP contribution in [0.4, 0.5) is 5.69 Å². The summed E-state index contributed by atoms with van der Waals surface area (Å²) in [5, 5.41) is 3.06. The van der Waals surface area contributed by atoms with Gasteiger partial charge in [-0.25, -0.2) is 9.97 Å². The first-order valence-corrected chi connectivity index (χ1v) is 9.98. The Labute approximate surface area is 175 Å². The van der Waals surface area contributed by atoms with Crippen LogP contribution in [0.3, 0.4) is 0 Å². The number of rotatable bonds is 6. The molecule has 30 heavy (non-hydrogen) atoms. The Bertz CT molecular complexity index is 1040. The molecule has 1 amide bonds. The number of piperidine rings is 1. The molecule has 0 spiro atoms. The van der Waals surface area contributed by atoms with E-state index in [0.29, 0.717) is 30.2 Å². The molecule has 0 saturated carbocycles. The van der Waals surface area contributed by atoms with Crippen LogP contribution < -0.4 is 19.7 Å². The SMILES string of the molecule is COc1ccc(CNC(=O)C2CCCN(c3cnc4nccnc4c3)C2)cc1OC. The van der Waals surface area contributed by atoms with Crippen molar-refractivity contribution in [3.63, 3.8) is 0 Å². The Hall–Kier alpha value is -3.42. The molecule has 8 nitrogen and oxygen atoms in total. The van der Waals surface area contributed by atoms with Gasteiger partial charge in [-0.2, -0.15) is 0 Å². The molecule has 1 unspecified atom stereocenters. The molecular formula is C22H25N5O3. The average Bonchev–Trinajstić information content (AvgIpc) is 2.82. The predicted octanol–water partition coefficient (Wildman–Crippen LogP) is 2.57. The number of aromatic nitrogens is 3. The van der Waals surface area contributed by atoms with Gasteiger partial charge in [0.1, 0.15) is 5.52 Å². The summed E-state index contributed by atoms with van der Waals surface area (Å²) in [6.45, 7) is 2.00. The summed E-state index contributed by atoms with van der Waals surface area (Å²) in [4.78, 5) is 27.9.